The van der Waals surface area contributed by atoms with Gasteiger partial charge in [-0.25, -0.2) is 4.79 Å². The van der Waals surface area contributed by atoms with Crippen LogP contribution in [0.4, 0.5) is 0 Å². The fraction of sp³-hybridized carbons (Fsp3) is 0.615. The SMILES string of the molecule is CCC(CC)N(CCO)Cc1ccoc1C(=O)O. The Morgan fingerprint density at radius 1 is 1.44 bits per heavy atom. The monoisotopic (exact) mass is 255 g/mol. The molecule has 0 unspecified atom stereocenters. The summed E-state index contributed by atoms with van der Waals surface area (Å²) < 4.78 is 4.96. The van der Waals surface area contributed by atoms with E-state index in [4.69, 9.17) is 14.6 Å². The largest absolute Gasteiger partial charge is 0.475 e. The number of hydrogen-bond acceptors (Lipinski definition) is 4. The minimum absolute atomic E-state index is 0.0103. The summed E-state index contributed by atoms with van der Waals surface area (Å²) in [6.07, 6.45) is 3.33. The van der Waals surface area contributed by atoms with Crippen molar-refractivity contribution in [2.24, 2.45) is 0 Å². The van der Waals surface area contributed by atoms with Gasteiger partial charge in [0.1, 0.15) is 0 Å². The Balaban J connectivity index is 2.82. The Labute approximate surface area is 107 Å². The van der Waals surface area contributed by atoms with E-state index in [1.54, 1.807) is 6.07 Å². The molecule has 0 fully saturated rings. The summed E-state index contributed by atoms with van der Waals surface area (Å²) >= 11 is 0. The molecule has 0 radical (unpaired) electrons. The Kier molecular flexibility index (Phi) is 5.88. The molecule has 0 saturated carbocycles. The van der Waals surface area contributed by atoms with E-state index < -0.39 is 5.97 Å². The first-order valence-corrected chi connectivity index (χ1v) is 6.28. The molecule has 0 aliphatic carbocycles. The van der Waals surface area contributed by atoms with Gasteiger partial charge in [0.25, 0.3) is 0 Å². The Bertz CT molecular complexity index is 371. The number of carbonyl (C=O) groups is 1. The average molecular weight is 255 g/mol. The van der Waals surface area contributed by atoms with Gasteiger partial charge in [0.05, 0.1) is 12.9 Å². The third-order valence-corrected chi connectivity index (χ3v) is 3.16. The Hall–Kier alpha value is -1.33. The normalized spacial score (nSPS) is 11.4. The topological polar surface area (TPSA) is 73.9 Å². The van der Waals surface area contributed by atoms with Gasteiger partial charge in [-0.2, -0.15) is 0 Å². The van der Waals surface area contributed by atoms with E-state index in [0.29, 0.717) is 24.7 Å². The van der Waals surface area contributed by atoms with Gasteiger partial charge in [-0.1, -0.05) is 13.8 Å². The molecule has 1 heterocycles. The molecule has 0 aliphatic rings. The molecule has 1 aromatic rings. The predicted octanol–water partition coefficient (Wildman–Crippen LogP) is 1.96. The van der Waals surface area contributed by atoms with Crippen LogP contribution in [0.5, 0.6) is 0 Å². The number of rotatable bonds is 8. The van der Waals surface area contributed by atoms with Crippen molar-refractivity contribution in [1.82, 2.24) is 4.90 Å². The van der Waals surface area contributed by atoms with E-state index in [0.717, 1.165) is 12.8 Å². The molecule has 0 aromatic carbocycles. The van der Waals surface area contributed by atoms with Gasteiger partial charge < -0.3 is 14.6 Å². The van der Waals surface area contributed by atoms with Crippen LogP contribution < -0.4 is 0 Å². The highest BCUT2D eigenvalue weighted by molar-refractivity contribution is 5.86. The van der Waals surface area contributed by atoms with Crippen LogP contribution in [0.1, 0.15) is 42.8 Å². The molecule has 18 heavy (non-hydrogen) atoms. The van der Waals surface area contributed by atoms with Gasteiger partial charge in [0.15, 0.2) is 0 Å². The third-order valence-electron chi connectivity index (χ3n) is 3.16. The van der Waals surface area contributed by atoms with Crippen molar-refractivity contribution < 1.29 is 19.4 Å². The summed E-state index contributed by atoms with van der Waals surface area (Å²) in [5.74, 6) is -1.06. The van der Waals surface area contributed by atoms with Crippen LogP contribution in [0.3, 0.4) is 0 Å². The second kappa shape index (κ2) is 7.18. The summed E-state index contributed by atoms with van der Waals surface area (Å²) in [5, 5.41) is 18.1. The molecule has 5 heteroatoms. The standard InChI is InChI=1S/C13H21NO4/c1-3-11(4-2)14(6-7-15)9-10-5-8-18-12(10)13(16)17/h5,8,11,15H,3-4,6-7,9H2,1-2H3,(H,16,17). The van der Waals surface area contributed by atoms with Gasteiger partial charge in [-0.3, -0.25) is 4.90 Å². The molecule has 5 nitrogen and oxygen atoms in total. The van der Waals surface area contributed by atoms with Gasteiger partial charge in [0.2, 0.25) is 5.76 Å². The van der Waals surface area contributed by atoms with E-state index in [-0.39, 0.29) is 12.4 Å². The molecule has 0 bridgehead atoms. The maximum absolute atomic E-state index is 11.0. The van der Waals surface area contributed by atoms with Crippen LogP contribution in [-0.2, 0) is 6.54 Å². The number of nitrogens with zero attached hydrogens (tertiary/aromatic N) is 1. The molecule has 0 aliphatic heterocycles. The highest BCUT2D eigenvalue weighted by atomic mass is 16.4. The van der Waals surface area contributed by atoms with Crippen LogP contribution in [-0.4, -0.2) is 40.3 Å². The number of aliphatic hydroxyl groups excluding tert-OH is 1. The van der Waals surface area contributed by atoms with Crippen molar-refractivity contribution >= 4 is 5.97 Å². The van der Waals surface area contributed by atoms with Crippen molar-refractivity contribution in [1.29, 1.82) is 0 Å². The van der Waals surface area contributed by atoms with Crippen LogP contribution in [0.15, 0.2) is 16.7 Å². The lowest BCUT2D eigenvalue weighted by Crippen LogP contribution is -2.36. The summed E-state index contributed by atoms with van der Waals surface area (Å²) in [6, 6.07) is 2.02. The van der Waals surface area contributed by atoms with Crippen molar-refractivity contribution in [3.05, 3.63) is 23.7 Å². The van der Waals surface area contributed by atoms with Crippen LogP contribution >= 0.6 is 0 Å². The number of carboxylic acid groups (broad SMARTS) is 1. The zero-order valence-electron chi connectivity index (χ0n) is 10.9. The van der Waals surface area contributed by atoms with Crippen LogP contribution in [0, 0.1) is 0 Å². The zero-order chi connectivity index (χ0) is 13.5. The molecular weight excluding hydrogens is 234 g/mol. The maximum Gasteiger partial charge on any atom is 0.372 e. The lowest BCUT2D eigenvalue weighted by atomic mass is 10.1. The van der Waals surface area contributed by atoms with Gasteiger partial charge in [-0.15, -0.1) is 0 Å². The number of carboxylic acids is 1. The van der Waals surface area contributed by atoms with E-state index >= 15 is 0 Å². The fourth-order valence-electron chi connectivity index (χ4n) is 2.19. The molecule has 1 aromatic heterocycles. The number of aliphatic hydroxyl groups is 1. The quantitative estimate of drug-likeness (QED) is 0.742. The first-order chi connectivity index (χ1) is 8.63. The highest BCUT2D eigenvalue weighted by Crippen LogP contribution is 2.17. The van der Waals surface area contributed by atoms with E-state index in [2.05, 4.69) is 18.7 Å². The van der Waals surface area contributed by atoms with E-state index in [9.17, 15) is 4.79 Å². The first-order valence-electron chi connectivity index (χ1n) is 6.28. The van der Waals surface area contributed by atoms with Crippen LogP contribution in [0.25, 0.3) is 0 Å². The van der Waals surface area contributed by atoms with Crippen LogP contribution in [0.2, 0.25) is 0 Å². The summed E-state index contributed by atoms with van der Waals surface area (Å²) in [4.78, 5) is 13.1. The lowest BCUT2D eigenvalue weighted by molar-refractivity contribution is 0.0657. The number of aromatic carboxylic acids is 1. The Morgan fingerprint density at radius 3 is 2.61 bits per heavy atom. The van der Waals surface area contributed by atoms with Crippen molar-refractivity contribution in [3.63, 3.8) is 0 Å². The molecule has 2 N–H and O–H groups in total. The van der Waals surface area contributed by atoms with E-state index in [1.165, 1.54) is 6.26 Å². The summed E-state index contributed by atoms with van der Waals surface area (Å²) in [7, 11) is 0. The summed E-state index contributed by atoms with van der Waals surface area (Å²) in [5.41, 5.74) is 0.655. The zero-order valence-corrected chi connectivity index (χ0v) is 10.9. The molecule has 0 spiro atoms. The lowest BCUT2D eigenvalue weighted by Gasteiger charge is -2.29. The predicted molar refractivity (Wildman–Crippen MR) is 67.5 cm³/mol. The smallest absolute Gasteiger partial charge is 0.372 e. The third kappa shape index (κ3) is 3.58. The maximum atomic E-state index is 11.0. The second-order valence-electron chi connectivity index (χ2n) is 4.24. The van der Waals surface area contributed by atoms with Gasteiger partial charge >= 0.3 is 5.97 Å². The van der Waals surface area contributed by atoms with Crippen molar-refractivity contribution in [3.8, 4) is 0 Å². The minimum Gasteiger partial charge on any atom is -0.475 e. The number of furan rings is 1. The van der Waals surface area contributed by atoms with E-state index in [1.807, 2.05) is 0 Å². The van der Waals surface area contributed by atoms with Crippen molar-refractivity contribution in [2.75, 3.05) is 13.2 Å². The fourth-order valence-corrected chi connectivity index (χ4v) is 2.19. The second-order valence-corrected chi connectivity index (χ2v) is 4.24. The molecule has 1 rings (SSSR count). The van der Waals surface area contributed by atoms with Gasteiger partial charge in [-0.05, 0) is 18.9 Å². The summed E-state index contributed by atoms with van der Waals surface area (Å²) in [6.45, 7) is 5.27. The molecule has 0 amide bonds. The molecule has 0 saturated heterocycles. The highest BCUT2D eigenvalue weighted by Gasteiger charge is 2.20. The number of hydrogen-bond donors (Lipinski definition) is 2. The minimum atomic E-state index is -1.05. The first kappa shape index (κ1) is 14.7. The molecule has 102 valence electrons. The Morgan fingerprint density at radius 2 is 2.11 bits per heavy atom. The molecule has 0 atom stereocenters. The molecular formula is C13H21NO4. The average Bonchev–Trinajstić information content (AvgIpc) is 2.79. The van der Waals surface area contributed by atoms with Crippen molar-refractivity contribution in [2.45, 2.75) is 39.3 Å². The van der Waals surface area contributed by atoms with Gasteiger partial charge in [0, 0.05) is 24.7 Å².